The van der Waals surface area contributed by atoms with Crippen LogP contribution in [-0.4, -0.2) is 5.91 Å². The highest BCUT2D eigenvalue weighted by atomic mass is 79.9. The molecule has 2 N–H and O–H groups in total. The average Bonchev–Trinajstić information content (AvgIpc) is 2.03. The minimum atomic E-state index is -0.120. The Labute approximate surface area is 79.3 Å². The van der Waals surface area contributed by atoms with Crippen molar-refractivity contribution in [1.82, 2.24) is 5.43 Å². The van der Waals surface area contributed by atoms with E-state index in [0.29, 0.717) is 0 Å². The van der Waals surface area contributed by atoms with Gasteiger partial charge in [0, 0.05) is 11.4 Å². The maximum absolute atomic E-state index is 10.5. The summed E-state index contributed by atoms with van der Waals surface area (Å²) in [5.41, 5.74) is 6.09. The molecule has 0 radical (unpaired) electrons. The van der Waals surface area contributed by atoms with Gasteiger partial charge in [-0.05, 0) is 28.1 Å². The van der Waals surface area contributed by atoms with Gasteiger partial charge in [-0.2, -0.15) is 0 Å². The Morgan fingerprint density at radius 3 is 2.67 bits per heavy atom. The molecule has 0 aliphatic rings. The number of hydrazine groups is 1. The first kappa shape index (κ1) is 9.06. The second kappa shape index (κ2) is 4.11. The van der Waals surface area contributed by atoms with E-state index in [1.54, 1.807) is 0 Å². The number of hydrogen-bond acceptors (Lipinski definition) is 2. The number of carbonyl (C=O) groups is 1. The Kier molecular flexibility index (Phi) is 3.10. The predicted molar refractivity (Wildman–Crippen MR) is 51.6 cm³/mol. The second-order valence-corrected chi connectivity index (χ2v) is 3.14. The van der Waals surface area contributed by atoms with Gasteiger partial charge in [-0.15, -0.1) is 0 Å². The van der Waals surface area contributed by atoms with Crippen molar-refractivity contribution in [3.63, 3.8) is 0 Å². The molecule has 3 nitrogen and oxygen atoms in total. The number of hydrogen-bond donors (Lipinski definition) is 2. The molecule has 1 aromatic carbocycles. The van der Waals surface area contributed by atoms with Crippen molar-refractivity contribution in [2.45, 2.75) is 6.92 Å². The van der Waals surface area contributed by atoms with E-state index in [1.807, 2.05) is 24.3 Å². The third-order valence-electron chi connectivity index (χ3n) is 1.25. The number of carbonyl (C=O) groups excluding carboxylic acids is 1. The van der Waals surface area contributed by atoms with Gasteiger partial charge in [-0.25, -0.2) is 0 Å². The van der Waals surface area contributed by atoms with Crippen LogP contribution in [0.5, 0.6) is 0 Å². The first-order valence-corrected chi connectivity index (χ1v) is 4.26. The van der Waals surface area contributed by atoms with Crippen molar-refractivity contribution in [1.29, 1.82) is 0 Å². The molecule has 1 aromatic rings. The van der Waals surface area contributed by atoms with E-state index in [1.165, 1.54) is 6.92 Å². The Morgan fingerprint density at radius 1 is 1.42 bits per heavy atom. The zero-order valence-electron chi connectivity index (χ0n) is 6.60. The number of anilines is 1. The third-order valence-corrected chi connectivity index (χ3v) is 1.94. The molecule has 0 aliphatic heterocycles. The highest BCUT2D eigenvalue weighted by Gasteiger charge is 1.96. The summed E-state index contributed by atoms with van der Waals surface area (Å²) in [7, 11) is 0. The highest BCUT2D eigenvalue weighted by Crippen LogP contribution is 2.19. The lowest BCUT2D eigenvalue weighted by Crippen LogP contribution is -2.26. The molecule has 4 heteroatoms. The van der Waals surface area contributed by atoms with Crippen LogP contribution in [0.1, 0.15) is 6.92 Å². The first-order valence-electron chi connectivity index (χ1n) is 3.47. The molecule has 0 aliphatic carbocycles. The number of rotatable bonds is 2. The van der Waals surface area contributed by atoms with Gasteiger partial charge in [0.1, 0.15) is 0 Å². The van der Waals surface area contributed by atoms with E-state index in [4.69, 9.17) is 0 Å². The summed E-state index contributed by atoms with van der Waals surface area (Å²) < 4.78 is 0.916. The van der Waals surface area contributed by atoms with E-state index >= 15 is 0 Å². The molecular weight excluding hydrogens is 220 g/mol. The zero-order valence-corrected chi connectivity index (χ0v) is 8.18. The topological polar surface area (TPSA) is 41.1 Å². The summed E-state index contributed by atoms with van der Waals surface area (Å²) >= 11 is 3.33. The maximum Gasteiger partial charge on any atom is 0.235 e. The lowest BCUT2D eigenvalue weighted by molar-refractivity contribution is -0.118. The molecular formula is C8H9BrN2O. The van der Waals surface area contributed by atoms with Gasteiger partial charge in [0.05, 0.1) is 5.69 Å². The van der Waals surface area contributed by atoms with Crippen molar-refractivity contribution in [2.24, 2.45) is 0 Å². The fourth-order valence-corrected chi connectivity index (χ4v) is 1.10. The molecule has 0 atom stereocenters. The van der Waals surface area contributed by atoms with Gasteiger partial charge in [0.25, 0.3) is 0 Å². The minimum absolute atomic E-state index is 0.120. The molecule has 12 heavy (non-hydrogen) atoms. The van der Waals surface area contributed by atoms with E-state index in [9.17, 15) is 4.79 Å². The number of benzene rings is 1. The van der Waals surface area contributed by atoms with Crippen LogP contribution in [0.3, 0.4) is 0 Å². The molecule has 0 spiro atoms. The third kappa shape index (κ3) is 2.54. The normalized spacial score (nSPS) is 9.17. The highest BCUT2D eigenvalue weighted by molar-refractivity contribution is 9.10. The summed E-state index contributed by atoms with van der Waals surface area (Å²) in [4.78, 5) is 10.5. The van der Waals surface area contributed by atoms with Crippen LogP contribution >= 0.6 is 15.9 Å². The van der Waals surface area contributed by atoms with Crippen LogP contribution in [0.2, 0.25) is 0 Å². The standard InChI is InChI=1S/C8H9BrN2O/c1-6(12)10-11-8-5-3-2-4-7(8)9/h2-5,11H,1H3,(H,10,12). The molecule has 0 aromatic heterocycles. The maximum atomic E-state index is 10.5. The second-order valence-electron chi connectivity index (χ2n) is 2.29. The molecule has 1 amide bonds. The Morgan fingerprint density at radius 2 is 2.08 bits per heavy atom. The van der Waals surface area contributed by atoms with Gasteiger partial charge in [0.2, 0.25) is 5.91 Å². The van der Waals surface area contributed by atoms with Crippen LogP contribution in [0.15, 0.2) is 28.7 Å². The molecule has 0 bridgehead atoms. The van der Waals surface area contributed by atoms with Crippen molar-refractivity contribution in [3.05, 3.63) is 28.7 Å². The summed E-state index contributed by atoms with van der Waals surface area (Å²) in [5.74, 6) is -0.120. The van der Waals surface area contributed by atoms with Gasteiger partial charge in [-0.1, -0.05) is 12.1 Å². The number of nitrogens with one attached hydrogen (secondary N) is 2. The average molecular weight is 229 g/mol. The van der Waals surface area contributed by atoms with Gasteiger partial charge in [-0.3, -0.25) is 15.6 Å². The Balaban J connectivity index is 2.63. The van der Waals surface area contributed by atoms with Crippen LogP contribution in [-0.2, 0) is 4.79 Å². The molecule has 0 fully saturated rings. The van der Waals surface area contributed by atoms with Crippen molar-refractivity contribution < 1.29 is 4.79 Å². The quantitative estimate of drug-likeness (QED) is 0.760. The largest absolute Gasteiger partial charge is 0.297 e. The van der Waals surface area contributed by atoms with Crippen molar-refractivity contribution in [3.8, 4) is 0 Å². The van der Waals surface area contributed by atoms with Crippen LogP contribution in [0, 0.1) is 0 Å². The molecule has 0 saturated heterocycles. The van der Waals surface area contributed by atoms with E-state index in [2.05, 4.69) is 26.8 Å². The predicted octanol–water partition coefficient (Wildman–Crippen LogP) is 1.91. The monoisotopic (exact) mass is 228 g/mol. The number of para-hydroxylation sites is 1. The summed E-state index contributed by atoms with van der Waals surface area (Å²) in [6.07, 6.45) is 0. The first-order chi connectivity index (χ1) is 5.70. The lowest BCUT2D eigenvalue weighted by Gasteiger charge is -2.07. The summed E-state index contributed by atoms with van der Waals surface area (Å²) in [6, 6.07) is 7.54. The van der Waals surface area contributed by atoms with Crippen molar-refractivity contribution in [2.75, 3.05) is 5.43 Å². The van der Waals surface area contributed by atoms with E-state index in [0.717, 1.165) is 10.2 Å². The lowest BCUT2D eigenvalue weighted by atomic mass is 10.3. The summed E-state index contributed by atoms with van der Waals surface area (Å²) in [6.45, 7) is 1.45. The molecule has 64 valence electrons. The smallest absolute Gasteiger partial charge is 0.235 e. The van der Waals surface area contributed by atoms with Crippen LogP contribution in [0.25, 0.3) is 0 Å². The SMILES string of the molecule is CC(=O)NNc1ccccc1Br. The summed E-state index contributed by atoms with van der Waals surface area (Å²) in [5, 5.41) is 0. The molecule has 0 saturated carbocycles. The zero-order chi connectivity index (χ0) is 8.97. The van der Waals surface area contributed by atoms with Gasteiger partial charge in [0.15, 0.2) is 0 Å². The molecule has 0 unspecified atom stereocenters. The molecule has 0 heterocycles. The fourth-order valence-electron chi connectivity index (χ4n) is 0.718. The van der Waals surface area contributed by atoms with Crippen LogP contribution < -0.4 is 10.9 Å². The van der Waals surface area contributed by atoms with E-state index < -0.39 is 0 Å². The van der Waals surface area contributed by atoms with Crippen LogP contribution in [0.4, 0.5) is 5.69 Å². The van der Waals surface area contributed by atoms with Gasteiger partial charge >= 0.3 is 0 Å². The Bertz CT molecular complexity index is 288. The van der Waals surface area contributed by atoms with E-state index in [-0.39, 0.29) is 5.91 Å². The van der Waals surface area contributed by atoms with Crippen molar-refractivity contribution >= 4 is 27.5 Å². The minimum Gasteiger partial charge on any atom is -0.297 e. The molecule has 1 rings (SSSR count). The number of halogens is 1. The Hall–Kier alpha value is -1.03. The number of amides is 1. The van der Waals surface area contributed by atoms with Gasteiger partial charge < -0.3 is 0 Å². The fraction of sp³-hybridized carbons (Fsp3) is 0.125.